The molecule has 3 aromatic rings. The maximum Gasteiger partial charge on any atom is 0.277 e. The van der Waals surface area contributed by atoms with Crippen LogP contribution in [0.15, 0.2) is 30.3 Å². The largest absolute Gasteiger partial charge is 0.304 e. The molecule has 0 spiro atoms. The fraction of sp³-hybridized carbons (Fsp3) is 0.235. The molecule has 0 saturated heterocycles. The molecule has 0 unspecified atom stereocenters. The first-order valence-corrected chi connectivity index (χ1v) is 7.97. The number of nitrogens with zero attached hydrogens (tertiary/aromatic N) is 3. The van der Waals surface area contributed by atoms with Gasteiger partial charge in [-0.15, -0.1) is 0 Å². The van der Waals surface area contributed by atoms with Gasteiger partial charge in [0.1, 0.15) is 5.82 Å². The second-order valence-electron chi connectivity index (χ2n) is 6.15. The van der Waals surface area contributed by atoms with Crippen LogP contribution in [0, 0.1) is 5.82 Å². The summed E-state index contributed by atoms with van der Waals surface area (Å²) in [5, 5.41) is 16.7. The van der Waals surface area contributed by atoms with Gasteiger partial charge in [-0.2, -0.15) is 10.2 Å². The molecule has 0 aliphatic carbocycles. The van der Waals surface area contributed by atoms with E-state index < -0.39 is 0 Å². The van der Waals surface area contributed by atoms with Crippen molar-refractivity contribution in [2.24, 2.45) is 0 Å². The van der Waals surface area contributed by atoms with E-state index >= 15 is 0 Å². The topological polar surface area (TPSA) is 89.7 Å². The van der Waals surface area contributed by atoms with Crippen LogP contribution in [0.25, 0.3) is 11.3 Å². The quantitative estimate of drug-likeness (QED) is 0.682. The molecule has 8 heteroatoms. The minimum atomic E-state index is -0.329. The number of hydrogen-bond acceptors (Lipinski definition) is 4. The molecule has 0 radical (unpaired) electrons. The van der Waals surface area contributed by atoms with Crippen LogP contribution in [-0.4, -0.2) is 44.8 Å². The molecule has 0 saturated carbocycles. The molecule has 2 aromatic heterocycles. The van der Waals surface area contributed by atoms with Gasteiger partial charge in [0.25, 0.3) is 5.91 Å². The van der Waals surface area contributed by atoms with E-state index in [9.17, 15) is 9.18 Å². The Bertz CT molecular complexity index is 931. The Morgan fingerprint density at radius 2 is 2.16 bits per heavy atom. The summed E-state index contributed by atoms with van der Waals surface area (Å²) in [5.74, 6) is -0.278. The van der Waals surface area contributed by atoms with Crippen molar-refractivity contribution in [1.29, 1.82) is 0 Å². The van der Waals surface area contributed by atoms with Gasteiger partial charge in [0, 0.05) is 42.4 Å². The molecule has 0 atom stereocenters. The summed E-state index contributed by atoms with van der Waals surface area (Å²) in [6, 6.07) is 7.83. The number of hydrogen-bond donors (Lipinski definition) is 3. The van der Waals surface area contributed by atoms with E-state index in [1.54, 1.807) is 18.2 Å². The predicted octanol–water partition coefficient (Wildman–Crippen LogP) is 2.18. The monoisotopic (exact) mass is 340 g/mol. The molecule has 128 valence electrons. The number of amides is 1. The fourth-order valence-electron chi connectivity index (χ4n) is 2.98. The molecule has 7 nitrogen and oxygen atoms in total. The van der Waals surface area contributed by atoms with E-state index in [4.69, 9.17) is 0 Å². The summed E-state index contributed by atoms with van der Waals surface area (Å²) in [6.07, 6.45) is 0.845. The van der Waals surface area contributed by atoms with Crippen LogP contribution >= 0.6 is 0 Å². The zero-order chi connectivity index (χ0) is 17.4. The molecule has 1 amide bonds. The molecule has 0 fully saturated rings. The first-order valence-electron chi connectivity index (χ1n) is 7.97. The van der Waals surface area contributed by atoms with E-state index in [0.29, 0.717) is 29.3 Å². The van der Waals surface area contributed by atoms with Gasteiger partial charge >= 0.3 is 0 Å². The second kappa shape index (κ2) is 6.14. The number of H-pyrrole nitrogens is 2. The van der Waals surface area contributed by atoms with Gasteiger partial charge < -0.3 is 10.2 Å². The highest BCUT2D eigenvalue weighted by Gasteiger charge is 2.24. The lowest BCUT2D eigenvalue weighted by Crippen LogP contribution is -2.27. The standard InChI is InChI=1S/C17H17FN6O/c1-24-6-5-13-12(9-24)16(23-20-13)17(25)19-15-8-14(21-22-15)10-3-2-4-11(18)7-10/h2-4,7-8H,5-6,9H2,1H3,(H,20,23)(H2,19,21,22,25). The van der Waals surface area contributed by atoms with Gasteiger partial charge in [0.2, 0.25) is 0 Å². The van der Waals surface area contributed by atoms with Gasteiger partial charge in [0.05, 0.1) is 5.69 Å². The van der Waals surface area contributed by atoms with Crippen molar-refractivity contribution in [3.8, 4) is 11.3 Å². The fourth-order valence-corrected chi connectivity index (χ4v) is 2.98. The van der Waals surface area contributed by atoms with Gasteiger partial charge in [-0.1, -0.05) is 12.1 Å². The van der Waals surface area contributed by atoms with Crippen LogP contribution < -0.4 is 5.32 Å². The lowest BCUT2D eigenvalue weighted by atomic mass is 10.1. The molecule has 1 aliphatic heterocycles. The number of carbonyl (C=O) groups excluding carboxylic acids is 1. The Kier molecular flexibility index (Phi) is 3.81. The smallest absolute Gasteiger partial charge is 0.277 e. The third-order valence-corrected chi connectivity index (χ3v) is 4.29. The summed E-state index contributed by atoms with van der Waals surface area (Å²) in [5.41, 5.74) is 3.60. The Balaban J connectivity index is 1.53. The molecular weight excluding hydrogens is 323 g/mol. The van der Waals surface area contributed by atoms with E-state index in [2.05, 4.69) is 30.6 Å². The van der Waals surface area contributed by atoms with Crippen LogP contribution in [-0.2, 0) is 13.0 Å². The van der Waals surface area contributed by atoms with Gasteiger partial charge in [-0.25, -0.2) is 4.39 Å². The summed E-state index contributed by atoms with van der Waals surface area (Å²) >= 11 is 0. The van der Waals surface area contributed by atoms with E-state index in [1.807, 2.05) is 7.05 Å². The van der Waals surface area contributed by atoms with Crippen molar-refractivity contribution in [1.82, 2.24) is 25.3 Å². The number of halogens is 1. The van der Waals surface area contributed by atoms with E-state index in [-0.39, 0.29) is 11.7 Å². The van der Waals surface area contributed by atoms with Gasteiger partial charge in [0.15, 0.2) is 11.5 Å². The maximum absolute atomic E-state index is 13.3. The number of rotatable bonds is 3. The minimum Gasteiger partial charge on any atom is -0.304 e. The van der Waals surface area contributed by atoms with Crippen molar-refractivity contribution in [3.63, 3.8) is 0 Å². The number of likely N-dealkylation sites (N-methyl/N-ethyl adjacent to an activating group) is 1. The highest BCUT2D eigenvalue weighted by Crippen LogP contribution is 2.22. The summed E-state index contributed by atoms with van der Waals surface area (Å²) in [6.45, 7) is 1.62. The molecule has 3 N–H and O–H groups in total. The second-order valence-corrected chi connectivity index (χ2v) is 6.15. The highest BCUT2D eigenvalue weighted by atomic mass is 19.1. The van der Waals surface area contributed by atoms with E-state index in [1.165, 1.54) is 12.1 Å². The molecule has 1 aromatic carbocycles. The Morgan fingerprint density at radius 3 is 3.00 bits per heavy atom. The Labute approximate surface area is 143 Å². The zero-order valence-corrected chi connectivity index (χ0v) is 13.6. The maximum atomic E-state index is 13.3. The molecule has 1 aliphatic rings. The first-order chi connectivity index (χ1) is 12.1. The third kappa shape index (κ3) is 3.03. The van der Waals surface area contributed by atoms with Crippen molar-refractivity contribution in [2.45, 2.75) is 13.0 Å². The highest BCUT2D eigenvalue weighted by molar-refractivity contribution is 6.03. The normalized spacial score (nSPS) is 14.3. The number of fused-ring (bicyclic) bond motifs is 1. The van der Waals surface area contributed by atoms with Crippen LogP contribution in [0.3, 0.4) is 0 Å². The van der Waals surface area contributed by atoms with Gasteiger partial charge in [-0.3, -0.25) is 15.0 Å². The lowest BCUT2D eigenvalue weighted by Gasteiger charge is -2.22. The summed E-state index contributed by atoms with van der Waals surface area (Å²) in [4.78, 5) is 14.7. The number of benzene rings is 1. The number of aromatic amines is 2. The Morgan fingerprint density at radius 1 is 1.28 bits per heavy atom. The van der Waals surface area contributed by atoms with Crippen LogP contribution in [0.5, 0.6) is 0 Å². The number of anilines is 1. The average Bonchev–Trinajstić information content (AvgIpc) is 3.21. The molecule has 3 heterocycles. The van der Waals surface area contributed by atoms with Crippen molar-refractivity contribution >= 4 is 11.7 Å². The van der Waals surface area contributed by atoms with Gasteiger partial charge in [-0.05, 0) is 19.2 Å². The average molecular weight is 340 g/mol. The van der Waals surface area contributed by atoms with Crippen LogP contribution in [0.2, 0.25) is 0 Å². The summed E-state index contributed by atoms with van der Waals surface area (Å²) in [7, 11) is 2.01. The van der Waals surface area contributed by atoms with Crippen LogP contribution in [0.1, 0.15) is 21.7 Å². The summed E-state index contributed by atoms with van der Waals surface area (Å²) < 4.78 is 13.3. The third-order valence-electron chi connectivity index (χ3n) is 4.29. The molecular formula is C17H17FN6O. The minimum absolute atomic E-state index is 0.315. The van der Waals surface area contributed by atoms with Crippen molar-refractivity contribution in [2.75, 3.05) is 18.9 Å². The predicted molar refractivity (Wildman–Crippen MR) is 90.6 cm³/mol. The number of aromatic nitrogens is 4. The van der Waals surface area contributed by atoms with Crippen LogP contribution in [0.4, 0.5) is 10.2 Å². The Hall–Kier alpha value is -3.00. The number of nitrogens with one attached hydrogen (secondary N) is 3. The molecule has 4 rings (SSSR count). The molecule has 0 bridgehead atoms. The number of carbonyl (C=O) groups is 1. The lowest BCUT2D eigenvalue weighted by molar-refractivity contribution is 0.102. The van der Waals surface area contributed by atoms with E-state index in [0.717, 1.165) is 24.2 Å². The molecule has 25 heavy (non-hydrogen) atoms. The first kappa shape index (κ1) is 15.5. The SMILES string of the molecule is CN1CCc2[nH]nc(C(=O)Nc3cc(-c4cccc(F)c4)[nH]n3)c2C1. The zero-order valence-electron chi connectivity index (χ0n) is 13.6. The van der Waals surface area contributed by atoms with Crippen molar-refractivity contribution < 1.29 is 9.18 Å². The van der Waals surface area contributed by atoms with Crippen molar-refractivity contribution in [3.05, 3.63) is 53.1 Å².